The molecule has 0 heterocycles. The van der Waals surface area contributed by atoms with Gasteiger partial charge in [0.2, 0.25) is 5.91 Å². The highest BCUT2D eigenvalue weighted by molar-refractivity contribution is 9.10. The lowest BCUT2D eigenvalue weighted by Crippen LogP contribution is -2.40. The molecular weight excluding hydrogens is 370 g/mol. The van der Waals surface area contributed by atoms with Crippen molar-refractivity contribution in [3.8, 4) is 0 Å². The standard InChI is InChI=1S/C18H26BrN3O2/c19-14-8-6-7-13(11-14)16(22-18(20)24)12-17(23)21-15-9-4-2-1-3-5-10-15/h6-8,11,15-16H,1-5,9-10,12H2,(H,21,23)(H3,20,22,24). The van der Waals surface area contributed by atoms with Gasteiger partial charge in [-0.15, -0.1) is 0 Å². The van der Waals surface area contributed by atoms with Gasteiger partial charge < -0.3 is 16.4 Å². The van der Waals surface area contributed by atoms with Crippen LogP contribution < -0.4 is 16.4 Å². The lowest BCUT2D eigenvalue weighted by Gasteiger charge is -2.23. The Hall–Kier alpha value is -1.56. The van der Waals surface area contributed by atoms with Crippen LogP contribution in [0.1, 0.15) is 63.0 Å². The van der Waals surface area contributed by atoms with Crippen molar-refractivity contribution in [1.29, 1.82) is 0 Å². The third-order valence-corrected chi connectivity index (χ3v) is 4.92. The molecule has 0 saturated heterocycles. The van der Waals surface area contributed by atoms with Gasteiger partial charge in [-0.2, -0.15) is 0 Å². The first-order valence-electron chi connectivity index (χ1n) is 8.65. The minimum Gasteiger partial charge on any atom is -0.353 e. The van der Waals surface area contributed by atoms with Gasteiger partial charge in [-0.05, 0) is 30.5 Å². The van der Waals surface area contributed by atoms with E-state index in [-0.39, 0.29) is 18.4 Å². The molecule has 6 heteroatoms. The summed E-state index contributed by atoms with van der Waals surface area (Å²) in [7, 11) is 0. The van der Waals surface area contributed by atoms with E-state index >= 15 is 0 Å². The Morgan fingerprint density at radius 1 is 1.17 bits per heavy atom. The molecule has 1 fully saturated rings. The van der Waals surface area contributed by atoms with Crippen LogP contribution in [-0.2, 0) is 4.79 Å². The monoisotopic (exact) mass is 395 g/mol. The molecule has 1 aliphatic carbocycles. The summed E-state index contributed by atoms with van der Waals surface area (Å²) >= 11 is 3.41. The molecule has 0 aliphatic heterocycles. The van der Waals surface area contributed by atoms with Gasteiger partial charge in [0, 0.05) is 10.5 Å². The zero-order chi connectivity index (χ0) is 17.4. The molecule has 3 amide bonds. The van der Waals surface area contributed by atoms with E-state index in [4.69, 9.17) is 5.73 Å². The van der Waals surface area contributed by atoms with Crippen molar-refractivity contribution in [3.63, 3.8) is 0 Å². The van der Waals surface area contributed by atoms with Crippen LogP contribution >= 0.6 is 15.9 Å². The lowest BCUT2D eigenvalue weighted by atomic mass is 9.96. The van der Waals surface area contributed by atoms with Gasteiger partial charge in [-0.1, -0.05) is 60.2 Å². The number of primary amides is 1. The summed E-state index contributed by atoms with van der Waals surface area (Å²) in [6, 6.07) is 6.75. The summed E-state index contributed by atoms with van der Waals surface area (Å²) < 4.78 is 0.900. The summed E-state index contributed by atoms with van der Waals surface area (Å²) in [5, 5.41) is 5.80. The average molecular weight is 396 g/mol. The first kappa shape index (κ1) is 18.8. The molecule has 1 aromatic rings. The van der Waals surface area contributed by atoms with Crippen LogP contribution in [0.5, 0.6) is 0 Å². The van der Waals surface area contributed by atoms with Crippen LogP contribution in [0.2, 0.25) is 0 Å². The number of urea groups is 1. The summed E-state index contributed by atoms with van der Waals surface area (Å²) in [6.45, 7) is 0. The zero-order valence-corrected chi connectivity index (χ0v) is 15.5. The van der Waals surface area contributed by atoms with Crippen LogP contribution in [0, 0.1) is 0 Å². The highest BCUT2D eigenvalue weighted by atomic mass is 79.9. The molecule has 1 saturated carbocycles. The number of benzene rings is 1. The van der Waals surface area contributed by atoms with E-state index in [1.165, 1.54) is 32.1 Å². The van der Waals surface area contributed by atoms with Crippen molar-refractivity contribution in [2.45, 2.75) is 63.5 Å². The Morgan fingerprint density at radius 3 is 2.46 bits per heavy atom. The van der Waals surface area contributed by atoms with E-state index < -0.39 is 12.1 Å². The minimum atomic E-state index is -0.626. The van der Waals surface area contributed by atoms with Crippen LogP contribution in [0.25, 0.3) is 0 Å². The van der Waals surface area contributed by atoms with Crippen molar-refractivity contribution in [1.82, 2.24) is 10.6 Å². The Bertz CT molecular complexity index is 557. The smallest absolute Gasteiger partial charge is 0.312 e. The average Bonchev–Trinajstić information content (AvgIpc) is 2.49. The number of nitrogens with one attached hydrogen (secondary N) is 2. The van der Waals surface area contributed by atoms with Crippen molar-refractivity contribution in [2.24, 2.45) is 5.73 Å². The van der Waals surface area contributed by atoms with Gasteiger partial charge in [0.15, 0.2) is 0 Å². The molecule has 24 heavy (non-hydrogen) atoms. The Kier molecular flexibility index (Phi) is 7.56. The second-order valence-electron chi connectivity index (χ2n) is 6.43. The number of nitrogens with two attached hydrogens (primary N) is 1. The van der Waals surface area contributed by atoms with Gasteiger partial charge >= 0.3 is 6.03 Å². The number of carbonyl (C=O) groups is 2. The second kappa shape index (κ2) is 9.67. The molecule has 132 valence electrons. The van der Waals surface area contributed by atoms with Gasteiger partial charge in [0.05, 0.1) is 12.5 Å². The van der Waals surface area contributed by atoms with Crippen LogP contribution in [0.15, 0.2) is 28.7 Å². The first-order chi connectivity index (χ1) is 11.5. The molecular formula is C18H26BrN3O2. The van der Waals surface area contributed by atoms with Crippen molar-refractivity contribution < 1.29 is 9.59 Å². The molecule has 1 aliphatic rings. The second-order valence-corrected chi connectivity index (χ2v) is 7.35. The van der Waals surface area contributed by atoms with E-state index in [9.17, 15) is 9.59 Å². The Balaban J connectivity index is 1.97. The van der Waals surface area contributed by atoms with E-state index in [2.05, 4.69) is 26.6 Å². The highest BCUT2D eigenvalue weighted by Gasteiger charge is 2.20. The maximum atomic E-state index is 12.4. The minimum absolute atomic E-state index is 0.0423. The van der Waals surface area contributed by atoms with E-state index in [0.717, 1.165) is 22.9 Å². The van der Waals surface area contributed by atoms with Crippen LogP contribution in [-0.4, -0.2) is 18.0 Å². The lowest BCUT2D eigenvalue weighted by molar-refractivity contribution is -0.122. The van der Waals surface area contributed by atoms with Gasteiger partial charge in [0.25, 0.3) is 0 Å². The first-order valence-corrected chi connectivity index (χ1v) is 9.44. The summed E-state index contributed by atoms with van der Waals surface area (Å²) in [6.07, 6.45) is 8.39. The Labute approximate surface area is 151 Å². The quantitative estimate of drug-likeness (QED) is 0.708. The van der Waals surface area contributed by atoms with E-state index in [1.54, 1.807) is 0 Å². The number of halogens is 1. The molecule has 1 atom stereocenters. The maximum absolute atomic E-state index is 12.4. The Morgan fingerprint density at radius 2 is 1.83 bits per heavy atom. The molecule has 4 N–H and O–H groups in total. The molecule has 0 aromatic heterocycles. The molecule has 2 rings (SSSR count). The number of carbonyl (C=O) groups excluding carboxylic acids is 2. The number of amides is 3. The number of hydrogen-bond donors (Lipinski definition) is 3. The maximum Gasteiger partial charge on any atom is 0.312 e. The fourth-order valence-electron chi connectivity index (χ4n) is 3.22. The number of rotatable bonds is 5. The predicted octanol–water partition coefficient (Wildman–Crippen LogP) is 3.78. The molecule has 1 aromatic carbocycles. The third-order valence-electron chi connectivity index (χ3n) is 4.43. The van der Waals surface area contributed by atoms with Gasteiger partial charge in [-0.25, -0.2) is 4.79 Å². The molecule has 0 radical (unpaired) electrons. The van der Waals surface area contributed by atoms with Crippen LogP contribution in [0.3, 0.4) is 0 Å². The van der Waals surface area contributed by atoms with Crippen molar-refractivity contribution >= 4 is 27.9 Å². The largest absolute Gasteiger partial charge is 0.353 e. The molecule has 0 spiro atoms. The highest BCUT2D eigenvalue weighted by Crippen LogP contribution is 2.22. The topological polar surface area (TPSA) is 84.2 Å². The van der Waals surface area contributed by atoms with Gasteiger partial charge in [0.1, 0.15) is 0 Å². The zero-order valence-electron chi connectivity index (χ0n) is 13.9. The summed E-state index contributed by atoms with van der Waals surface area (Å²) in [5.74, 6) is -0.0423. The number of hydrogen-bond acceptors (Lipinski definition) is 2. The van der Waals surface area contributed by atoms with E-state index in [1.807, 2.05) is 24.3 Å². The molecule has 1 unspecified atom stereocenters. The van der Waals surface area contributed by atoms with Crippen molar-refractivity contribution in [3.05, 3.63) is 34.3 Å². The fourth-order valence-corrected chi connectivity index (χ4v) is 3.64. The summed E-state index contributed by atoms with van der Waals surface area (Å²) in [5.41, 5.74) is 6.13. The van der Waals surface area contributed by atoms with E-state index in [0.29, 0.717) is 0 Å². The normalized spacial score (nSPS) is 17.4. The molecule has 0 bridgehead atoms. The molecule has 5 nitrogen and oxygen atoms in total. The van der Waals surface area contributed by atoms with Crippen molar-refractivity contribution in [2.75, 3.05) is 0 Å². The third kappa shape index (κ3) is 6.51. The van der Waals surface area contributed by atoms with Crippen LogP contribution in [0.4, 0.5) is 4.79 Å². The summed E-state index contributed by atoms with van der Waals surface area (Å²) in [4.78, 5) is 23.7. The fraction of sp³-hybridized carbons (Fsp3) is 0.556. The predicted molar refractivity (Wildman–Crippen MR) is 98.5 cm³/mol. The SMILES string of the molecule is NC(=O)NC(CC(=O)NC1CCCCCCC1)c1cccc(Br)c1. The van der Waals surface area contributed by atoms with Gasteiger partial charge in [-0.3, -0.25) is 4.79 Å².